The third-order valence-electron chi connectivity index (χ3n) is 6.25. The second-order valence-electron chi connectivity index (χ2n) is 9.07. The molecule has 0 radical (unpaired) electrons. The molecule has 8 nitrogen and oxygen atoms in total. The molecule has 9 heteroatoms. The third-order valence-corrected chi connectivity index (χ3v) is 7.16. The van der Waals surface area contributed by atoms with E-state index in [1.807, 2.05) is 29.2 Å². The van der Waals surface area contributed by atoms with Gasteiger partial charge in [0.15, 0.2) is 10.8 Å². The Morgan fingerprint density at radius 2 is 1.89 bits per heavy atom. The molecular formula is C26H29N5O3S. The first-order valence-corrected chi connectivity index (χ1v) is 12.8. The Morgan fingerprint density at radius 3 is 2.60 bits per heavy atom. The molecule has 5 rings (SSSR count). The molecule has 0 N–H and O–H groups in total. The third kappa shape index (κ3) is 5.68. The Hall–Kier alpha value is -3.30. The zero-order valence-corrected chi connectivity index (χ0v) is 20.8. The van der Waals surface area contributed by atoms with E-state index in [1.165, 1.54) is 5.56 Å². The summed E-state index contributed by atoms with van der Waals surface area (Å²) in [5, 5.41) is 7.07. The van der Waals surface area contributed by atoms with E-state index in [9.17, 15) is 4.79 Å². The molecule has 4 aromatic rings. The first-order valence-electron chi connectivity index (χ1n) is 12.0. The quantitative estimate of drug-likeness (QED) is 0.348. The van der Waals surface area contributed by atoms with Crippen LogP contribution in [0.5, 0.6) is 0 Å². The van der Waals surface area contributed by atoms with Crippen LogP contribution in [0.1, 0.15) is 43.3 Å². The van der Waals surface area contributed by atoms with Gasteiger partial charge in [-0.05, 0) is 23.6 Å². The molecule has 1 saturated heterocycles. The lowest BCUT2D eigenvalue weighted by atomic mass is 10.0. The maximum atomic E-state index is 12.7. The van der Waals surface area contributed by atoms with Crippen LogP contribution in [0.3, 0.4) is 0 Å². The molecule has 1 aliphatic rings. The molecule has 0 atom stereocenters. The van der Waals surface area contributed by atoms with Crippen molar-refractivity contribution in [1.29, 1.82) is 0 Å². The molecule has 1 fully saturated rings. The Labute approximate surface area is 208 Å². The number of nitrogens with zero attached hydrogens (tertiary/aromatic N) is 5. The van der Waals surface area contributed by atoms with Crippen molar-refractivity contribution in [3.05, 3.63) is 65.2 Å². The SMILES string of the molecule is CC(C)c1ccc(-c2noc(CCC(=O)N3CCN(Cc4csc(-c5ccco5)n4)CC3)n2)cc1. The lowest BCUT2D eigenvalue weighted by molar-refractivity contribution is -0.133. The largest absolute Gasteiger partial charge is 0.462 e. The summed E-state index contributed by atoms with van der Waals surface area (Å²) < 4.78 is 10.8. The van der Waals surface area contributed by atoms with Crippen molar-refractivity contribution in [2.45, 2.75) is 39.2 Å². The van der Waals surface area contributed by atoms with Crippen molar-refractivity contribution in [2.24, 2.45) is 0 Å². The fourth-order valence-electron chi connectivity index (χ4n) is 4.14. The Morgan fingerprint density at radius 1 is 1.09 bits per heavy atom. The van der Waals surface area contributed by atoms with Gasteiger partial charge in [-0.2, -0.15) is 4.98 Å². The number of carbonyl (C=O) groups is 1. The van der Waals surface area contributed by atoms with Gasteiger partial charge in [-0.15, -0.1) is 11.3 Å². The van der Waals surface area contributed by atoms with Crippen LogP contribution in [0.25, 0.3) is 22.2 Å². The minimum atomic E-state index is 0.124. The standard InChI is InChI=1S/C26H29N5O3S/c1-18(2)19-5-7-20(8-6-19)25-28-23(34-29-25)9-10-24(32)31-13-11-30(12-14-31)16-21-17-35-26(27-21)22-4-3-15-33-22/h3-8,15,17-18H,9-14,16H2,1-2H3. The molecule has 182 valence electrons. The molecule has 0 unspecified atom stereocenters. The summed E-state index contributed by atoms with van der Waals surface area (Å²) in [6.45, 7) is 8.20. The van der Waals surface area contributed by atoms with Crippen LogP contribution in [-0.4, -0.2) is 57.0 Å². The van der Waals surface area contributed by atoms with Gasteiger partial charge in [0, 0.05) is 56.5 Å². The monoisotopic (exact) mass is 491 g/mol. The normalized spacial score (nSPS) is 14.7. The molecule has 1 amide bonds. The number of hydrogen-bond acceptors (Lipinski definition) is 8. The smallest absolute Gasteiger partial charge is 0.227 e. The zero-order chi connectivity index (χ0) is 24.2. The predicted molar refractivity (Wildman–Crippen MR) is 134 cm³/mol. The summed E-state index contributed by atoms with van der Waals surface area (Å²) in [7, 11) is 0. The minimum Gasteiger partial charge on any atom is -0.462 e. The number of carbonyl (C=O) groups excluding carboxylic acids is 1. The molecule has 1 aromatic carbocycles. The van der Waals surface area contributed by atoms with Gasteiger partial charge >= 0.3 is 0 Å². The molecule has 1 aliphatic heterocycles. The zero-order valence-electron chi connectivity index (χ0n) is 20.0. The van der Waals surface area contributed by atoms with E-state index in [0.717, 1.165) is 41.7 Å². The maximum Gasteiger partial charge on any atom is 0.227 e. The second kappa shape index (κ2) is 10.5. The molecule has 4 heterocycles. The van der Waals surface area contributed by atoms with Crippen molar-refractivity contribution in [3.63, 3.8) is 0 Å². The van der Waals surface area contributed by atoms with Gasteiger partial charge in [0.1, 0.15) is 0 Å². The summed E-state index contributed by atoms with van der Waals surface area (Å²) in [6, 6.07) is 12.0. The van der Waals surface area contributed by atoms with Gasteiger partial charge in [-0.25, -0.2) is 4.98 Å². The van der Waals surface area contributed by atoms with Gasteiger partial charge in [0.2, 0.25) is 17.6 Å². The summed E-state index contributed by atoms with van der Waals surface area (Å²) in [6.07, 6.45) is 2.48. The van der Waals surface area contributed by atoms with Crippen molar-refractivity contribution in [3.8, 4) is 22.2 Å². The Kier molecular flexibility index (Phi) is 7.06. The predicted octanol–water partition coefficient (Wildman–Crippen LogP) is 4.85. The fourth-order valence-corrected chi connectivity index (χ4v) is 4.92. The van der Waals surface area contributed by atoms with Crippen molar-refractivity contribution >= 4 is 17.2 Å². The fraction of sp³-hybridized carbons (Fsp3) is 0.385. The highest BCUT2D eigenvalue weighted by atomic mass is 32.1. The van der Waals surface area contributed by atoms with E-state index in [0.29, 0.717) is 43.6 Å². The molecule has 0 saturated carbocycles. The summed E-state index contributed by atoms with van der Waals surface area (Å²) in [5.74, 6) is 2.46. The van der Waals surface area contributed by atoms with E-state index in [-0.39, 0.29) is 5.91 Å². The van der Waals surface area contributed by atoms with E-state index in [4.69, 9.17) is 8.94 Å². The highest BCUT2D eigenvalue weighted by molar-refractivity contribution is 7.13. The summed E-state index contributed by atoms with van der Waals surface area (Å²) >= 11 is 1.59. The number of rotatable bonds is 8. The van der Waals surface area contributed by atoms with Gasteiger partial charge in [0.25, 0.3) is 0 Å². The molecule has 35 heavy (non-hydrogen) atoms. The number of aryl methyl sites for hydroxylation is 1. The minimum absolute atomic E-state index is 0.124. The van der Waals surface area contributed by atoms with Crippen molar-refractivity contribution < 1.29 is 13.7 Å². The summed E-state index contributed by atoms with van der Waals surface area (Å²) in [5.41, 5.74) is 3.23. The van der Waals surface area contributed by atoms with Crippen LogP contribution in [0.15, 0.2) is 57.0 Å². The van der Waals surface area contributed by atoms with Crippen LogP contribution in [-0.2, 0) is 17.8 Å². The molecule has 0 spiro atoms. The second-order valence-corrected chi connectivity index (χ2v) is 9.92. The lowest BCUT2D eigenvalue weighted by Crippen LogP contribution is -2.48. The number of hydrogen-bond donors (Lipinski definition) is 0. The van der Waals surface area contributed by atoms with Crippen LogP contribution in [0, 0.1) is 0 Å². The topological polar surface area (TPSA) is 88.5 Å². The van der Waals surface area contributed by atoms with Crippen LogP contribution in [0.4, 0.5) is 0 Å². The molecule has 0 bridgehead atoms. The number of benzene rings is 1. The summed E-state index contributed by atoms with van der Waals surface area (Å²) in [4.78, 5) is 26.2. The van der Waals surface area contributed by atoms with Crippen molar-refractivity contribution in [1.82, 2.24) is 24.9 Å². The average molecular weight is 492 g/mol. The maximum absolute atomic E-state index is 12.7. The van der Waals surface area contributed by atoms with Gasteiger partial charge in [0.05, 0.1) is 12.0 Å². The highest BCUT2D eigenvalue weighted by Gasteiger charge is 2.22. The Bertz CT molecular complexity index is 1240. The highest BCUT2D eigenvalue weighted by Crippen LogP contribution is 2.25. The number of amides is 1. The molecule has 0 aliphatic carbocycles. The number of furan rings is 1. The lowest BCUT2D eigenvalue weighted by Gasteiger charge is -2.34. The van der Waals surface area contributed by atoms with E-state index >= 15 is 0 Å². The van der Waals surface area contributed by atoms with Crippen LogP contribution < -0.4 is 0 Å². The van der Waals surface area contributed by atoms with E-state index < -0.39 is 0 Å². The Balaban J connectivity index is 1.07. The van der Waals surface area contributed by atoms with Gasteiger partial charge < -0.3 is 13.8 Å². The van der Waals surface area contributed by atoms with E-state index in [2.05, 4.69) is 51.4 Å². The first kappa shape index (κ1) is 23.4. The first-order chi connectivity index (χ1) is 17.0. The number of piperazine rings is 1. The number of aromatic nitrogens is 3. The van der Waals surface area contributed by atoms with Gasteiger partial charge in [-0.3, -0.25) is 9.69 Å². The molecular weight excluding hydrogens is 462 g/mol. The van der Waals surface area contributed by atoms with Gasteiger partial charge in [-0.1, -0.05) is 43.3 Å². The molecule has 3 aromatic heterocycles. The van der Waals surface area contributed by atoms with Crippen molar-refractivity contribution in [2.75, 3.05) is 26.2 Å². The van der Waals surface area contributed by atoms with Crippen LogP contribution in [0.2, 0.25) is 0 Å². The van der Waals surface area contributed by atoms with E-state index in [1.54, 1.807) is 17.6 Å². The average Bonchev–Trinajstić information content (AvgIpc) is 3.65. The number of thiazole rings is 1. The van der Waals surface area contributed by atoms with Crippen LogP contribution >= 0.6 is 11.3 Å².